The van der Waals surface area contributed by atoms with Gasteiger partial charge in [-0.15, -0.1) is 0 Å². The molecule has 1 aromatic rings. The Morgan fingerprint density at radius 1 is 1.45 bits per heavy atom. The summed E-state index contributed by atoms with van der Waals surface area (Å²) in [6, 6.07) is 7.64. The van der Waals surface area contributed by atoms with E-state index in [0.29, 0.717) is 0 Å². The van der Waals surface area contributed by atoms with E-state index in [1.807, 2.05) is 31.2 Å². The molecule has 0 saturated carbocycles. The Morgan fingerprint density at radius 2 is 2.18 bits per heavy atom. The molecule has 0 fully saturated rings. The molecule has 0 radical (unpaired) electrons. The summed E-state index contributed by atoms with van der Waals surface area (Å²) >= 11 is 0. The van der Waals surface area contributed by atoms with Gasteiger partial charge in [0.05, 0.1) is 0 Å². The topological polar surface area (TPSA) is 33.1 Å². The van der Waals surface area contributed by atoms with Gasteiger partial charge in [0, 0.05) is 6.92 Å². The van der Waals surface area contributed by atoms with Crippen molar-refractivity contribution in [3.8, 4) is 5.75 Å². The maximum atomic E-state index is 7.08. The third-order valence-corrected chi connectivity index (χ3v) is 1.26. The number of rotatable bonds is 1. The van der Waals surface area contributed by atoms with E-state index in [9.17, 15) is 0 Å². The molecule has 1 N–H and O–H groups in total. The smallest absolute Gasteiger partial charge is 0.184 e. The van der Waals surface area contributed by atoms with Crippen LogP contribution in [0.4, 0.5) is 0 Å². The van der Waals surface area contributed by atoms with Crippen LogP contribution in [0, 0.1) is 12.3 Å². The summed E-state index contributed by atoms with van der Waals surface area (Å²) in [4.78, 5) is 0. The number of nitrogens with one attached hydrogen (secondary N) is 1. The molecule has 0 aliphatic rings. The Hall–Kier alpha value is -1.31. The summed E-state index contributed by atoms with van der Waals surface area (Å²) in [5.74, 6) is 0.952. The van der Waals surface area contributed by atoms with Gasteiger partial charge in [-0.3, -0.25) is 5.41 Å². The van der Waals surface area contributed by atoms with E-state index in [0.717, 1.165) is 11.3 Å². The fourth-order valence-electron chi connectivity index (χ4n) is 0.856. The third-order valence-electron chi connectivity index (χ3n) is 1.26. The van der Waals surface area contributed by atoms with Crippen molar-refractivity contribution in [3.05, 3.63) is 29.8 Å². The van der Waals surface area contributed by atoms with Crippen molar-refractivity contribution in [2.24, 2.45) is 0 Å². The second kappa shape index (κ2) is 3.19. The number of ether oxygens (including phenoxy) is 1. The van der Waals surface area contributed by atoms with Gasteiger partial charge in [0.15, 0.2) is 5.90 Å². The van der Waals surface area contributed by atoms with Gasteiger partial charge in [-0.05, 0) is 24.6 Å². The highest BCUT2D eigenvalue weighted by molar-refractivity contribution is 5.72. The van der Waals surface area contributed by atoms with E-state index in [1.165, 1.54) is 0 Å². The zero-order valence-corrected chi connectivity index (χ0v) is 6.72. The molecule has 0 bridgehead atoms. The first-order chi connectivity index (χ1) is 5.18. The van der Waals surface area contributed by atoms with Crippen molar-refractivity contribution >= 4 is 5.90 Å². The lowest BCUT2D eigenvalue weighted by Gasteiger charge is -2.02. The number of aryl methyl sites for hydroxylation is 1. The minimum atomic E-state index is 0.218. The Bertz CT molecular complexity index is 268. The lowest BCUT2D eigenvalue weighted by atomic mass is 10.2. The first kappa shape index (κ1) is 7.79. The highest BCUT2D eigenvalue weighted by atomic mass is 16.5. The van der Waals surface area contributed by atoms with Gasteiger partial charge in [-0.1, -0.05) is 12.1 Å². The summed E-state index contributed by atoms with van der Waals surface area (Å²) in [5, 5.41) is 7.08. The van der Waals surface area contributed by atoms with Crippen LogP contribution in [-0.4, -0.2) is 5.90 Å². The van der Waals surface area contributed by atoms with Crippen LogP contribution in [0.1, 0.15) is 12.5 Å². The maximum Gasteiger partial charge on any atom is 0.184 e. The summed E-state index contributed by atoms with van der Waals surface area (Å²) in [7, 11) is 0. The summed E-state index contributed by atoms with van der Waals surface area (Å²) in [6.45, 7) is 3.61. The van der Waals surface area contributed by atoms with Crippen molar-refractivity contribution in [3.63, 3.8) is 0 Å². The molecule has 0 unspecified atom stereocenters. The monoisotopic (exact) mass is 149 g/mol. The van der Waals surface area contributed by atoms with Gasteiger partial charge in [0.1, 0.15) is 5.75 Å². The molecule has 0 atom stereocenters. The summed E-state index contributed by atoms with van der Waals surface area (Å²) in [6.07, 6.45) is 0. The van der Waals surface area contributed by atoms with Crippen LogP contribution in [0.25, 0.3) is 0 Å². The molecular formula is C9H11NO. The molecule has 1 aromatic carbocycles. The summed E-state index contributed by atoms with van der Waals surface area (Å²) in [5.41, 5.74) is 1.14. The lowest BCUT2D eigenvalue weighted by molar-refractivity contribution is 0.541. The standard InChI is InChI=1S/C9H11NO/c1-7-4-3-5-9(6-7)11-8(2)10/h3-6,10H,1-2H3. The predicted molar refractivity (Wildman–Crippen MR) is 45.2 cm³/mol. The van der Waals surface area contributed by atoms with Crippen LogP contribution in [0.15, 0.2) is 24.3 Å². The molecule has 2 nitrogen and oxygen atoms in total. The highest BCUT2D eigenvalue weighted by Crippen LogP contribution is 2.11. The first-order valence-corrected chi connectivity index (χ1v) is 3.48. The molecule has 0 aliphatic carbocycles. The van der Waals surface area contributed by atoms with Crippen molar-refractivity contribution in [1.82, 2.24) is 0 Å². The van der Waals surface area contributed by atoms with E-state index < -0.39 is 0 Å². The maximum absolute atomic E-state index is 7.08. The molecular weight excluding hydrogens is 138 g/mol. The highest BCUT2D eigenvalue weighted by Gasteiger charge is 1.93. The Morgan fingerprint density at radius 3 is 2.73 bits per heavy atom. The average Bonchev–Trinajstić information content (AvgIpc) is 1.85. The quantitative estimate of drug-likeness (QED) is 0.482. The van der Waals surface area contributed by atoms with Crippen LogP contribution >= 0.6 is 0 Å². The fraction of sp³-hybridized carbons (Fsp3) is 0.222. The molecule has 1 rings (SSSR count). The summed E-state index contributed by atoms with van der Waals surface area (Å²) < 4.78 is 5.08. The van der Waals surface area contributed by atoms with Crippen molar-refractivity contribution in [2.45, 2.75) is 13.8 Å². The zero-order valence-electron chi connectivity index (χ0n) is 6.72. The van der Waals surface area contributed by atoms with E-state index in [-0.39, 0.29) is 5.90 Å². The van der Waals surface area contributed by atoms with Gasteiger partial charge >= 0.3 is 0 Å². The van der Waals surface area contributed by atoms with Crippen molar-refractivity contribution < 1.29 is 4.74 Å². The molecule has 0 amide bonds. The molecule has 0 aromatic heterocycles. The molecule has 0 aliphatic heterocycles. The number of hydrogen-bond acceptors (Lipinski definition) is 2. The van der Waals surface area contributed by atoms with Gasteiger partial charge in [-0.2, -0.15) is 0 Å². The van der Waals surface area contributed by atoms with Crippen LogP contribution in [0.5, 0.6) is 5.75 Å². The molecule has 11 heavy (non-hydrogen) atoms. The van der Waals surface area contributed by atoms with Gasteiger partial charge in [0.2, 0.25) is 0 Å². The zero-order chi connectivity index (χ0) is 8.27. The largest absolute Gasteiger partial charge is 0.444 e. The van der Waals surface area contributed by atoms with E-state index >= 15 is 0 Å². The molecule has 0 spiro atoms. The van der Waals surface area contributed by atoms with Crippen LogP contribution in [0.2, 0.25) is 0 Å². The lowest BCUT2D eigenvalue weighted by Crippen LogP contribution is -1.99. The van der Waals surface area contributed by atoms with Gasteiger partial charge in [0.25, 0.3) is 0 Å². The minimum absolute atomic E-state index is 0.218. The number of hydrogen-bond donors (Lipinski definition) is 1. The molecule has 2 heteroatoms. The molecule has 58 valence electrons. The normalized spacial score (nSPS) is 9.27. The first-order valence-electron chi connectivity index (χ1n) is 3.48. The Labute approximate surface area is 66.3 Å². The predicted octanol–water partition coefficient (Wildman–Crippen LogP) is 2.37. The van der Waals surface area contributed by atoms with Crippen LogP contribution < -0.4 is 4.74 Å². The van der Waals surface area contributed by atoms with Crippen molar-refractivity contribution in [1.29, 1.82) is 5.41 Å². The van der Waals surface area contributed by atoms with Gasteiger partial charge < -0.3 is 4.74 Å². The Kier molecular flexibility index (Phi) is 2.26. The second-order valence-electron chi connectivity index (χ2n) is 2.47. The van der Waals surface area contributed by atoms with E-state index in [1.54, 1.807) is 6.92 Å². The third kappa shape index (κ3) is 2.42. The second-order valence-corrected chi connectivity index (χ2v) is 2.47. The van der Waals surface area contributed by atoms with E-state index in [2.05, 4.69) is 0 Å². The fourth-order valence-corrected chi connectivity index (χ4v) is 0.856. The molecule has 0 saturated heterocycles. The van der Waals surface area contributed by atoms with Crippen LogP contribution in [0.3, 0.4) is 0 Å². The Balaban J connectivity index is 2.79. The molecule has 0 heterocycles. The SMILES string of the molecule is CC(=N)Oc1cccc(C)c1. The average molecular weight is 149 g/mol. The minimum Gasteiger partial charge on any atom is -0.444 e. The van der Waals surface area contributed by atoms with Crippen molar-refractivity contribution in [2.75, 3.05) is 0 Å². The van der Waals surface area contributed by atoms with Gasteiger partial charge in [-0.25, -0.2) is 0 Å². The number of benzene rings is 1. The van der Waals surface area contributed by atoms with E-state index in [4.69, 9.17) is 10.1 Å². The van der Waals surface area contributed by atoms with Crippen LogP contribution in [-0.2, 0) is 0 Å².